The number of rotatable bonds is 5. The molecule has 0 spiro atoms. The maximum atomic E-state index is 13.5. The lowest BCUT2D eigenvalue weighted by atomic mass is 9.92. The Labute approximate surface area is 224 Å². The molecule has 0 radical (unpaired) electrons. The monoisotopic (exact) mass is 514 g/mol. The summed E-state index contributed by atoms with van der Waals surface area (Å²) in [6.07, 6.45) is 0.558. The molecule has 0 unspecified atom stereocenters. The predicted molar refractivity (Wildman–Crippen MR) is 146 cm³/mol. The normalized spacial score (nSPS) is 11.7. The number of phenolic OH excluding ortho intramolecular Hbond substituents is 3. The van der Waals surface area contributed by atoms with Crippen LogP contribution in [0.5, 0.6) is 28.7 Å². The molecule has 0 atom stereocenters. The number of hydrogen-bond donors (Lipinski definition) is 3. The fraction of sp³-hybridized carbons (Fsp3) is 0.0303. The largest absolute Gasteiger partial charge is 0.504 e. The topological polar surface area (TPSA) is 104 Å². The Kier molecular flexibility index (Phi) is 5.85. The van der Waals surface area contributed by atoms with Gasteiger partial charge in [-0.25, -0.2) is 0 Å². The Morgan fingerprint density at radius 1 is 0.538 bits per heavy atom. The minimum Gasteiger partial charge on any atom is -0.504 e. The van der Waals surface area contributed by atoms with Gasteiger partial charge in [0, 0.05) is 23.1 Å². The number of fused-ring (bicyclic) bond motifs is 2. The summed E-state index contributed by atoms with van der Waals surface area (Å²) >= 11 is 0. The van der Waals surface area contributed by atoms with Crippen molar-refractivity contribution < 1.29 is 29.6 Å². The molecule has 0 amide bonds. The second-order valence-corrected chi connectivity index (χ2v) is 9.33. The molecule has 1 aliphatic heterocycles. The fourth-order valence-corrected chi connectivity index (χ4v) is 4.78. The number of carbonyl (C=O) groups is 2. The van der Waals surface area contributed by atoms with Gasteiger partial charge in [-0.05, 0) is 47.0 Å². The fourth-order valence-electron chi connectivity index (χ4n) is 4.78. The van der Waals surface area contributed by atoms with Crippen molar-refractivity contribution in [1.29, 1.82) is 0 Å². The number of benzene rings is 5. The van der Waals surface area contributed by atoms with Crippen LogP contribution in [0.4, 0.5) is 0 Å². The van der Waals surface area contributed by atoms with Crippen molar-refractivity contribution in [2.75, 3.05) is 0 Å². The van der Waals surface area contributed by atoms with Crippen LogP contribution in [0.25, 0.3) is 11.1 Å². The summed E-state index contributed by atoms with van der Waals surface area (Å²) in [5.41, 5.74) is 3.54. The number of ketones is 2. The van der Waals surface area contributed by atoms with E-state index in [9.17, 15) is 24.9 Å². The number of aromatic hydroxyl groups is 3. The van der Waals surface area contributed by atoms with Crippen molar-refractivity contribution in [1.82, 2.24) is 0 Å². The third-order valence-corrected chi connectivity index (χ3v) is 6.89. The van der Waals surface area contributed by atoms with Crippen LogP contribution in [0.15, 0.2) is 103 Å². The van der Waals surface area contributed by atoms with E-state index in [-0.39, 0.29) is 22.3 Å². The molecule has 0 bridgehead atoms. The third-order valence-electron chi connectivity index (χ3n) is 6.89. The molecule has 1 heterocycles. The first-order valence-corrected chi connectivity index (χ1v) is 12.3. The first-order chi connectivity index (χ1) is 18.9. The van der Waals surface area contributed by atoms with Gasteiger partial charge in [0.05, 0.1) is 11.1 Å². The number of hydrogen-bond acceptors (Lipinski definition) is 6. The smallest absolute Gasteiger partial charge is 0.201 e. The molecule has 3 N–H and O–H groups in total. The molecular weight excluding hydrogens is 492 g/mol. The van der Waals surface area contributed by atoms with E-state index >= 15 is 0 Å². The Hall–Kier alpha value is -5.36. The zero-order chi connectivity index (χ0) is 27.1. The van der Waals surface area contributed by atoms with E-state index in [1.165, 1.54) is 0 Å². The molecule has 0 aromatic heterocycles. The summed E-state index contributed by atoms with van der Waals surface area (Å²) in [5, 5.41) is 31.5. The van der Waals surface area contributed by atoms with E-state index < -0.39 is 28.8 Å². The lowest BCUT2D eigenvalue weighted by molar-refractivity contribution is 0.103. The summed E-state index contributed by atoms with van der Waals surface area (Å²) in [6.45, 7) is 0. The summed E-state index contributed by atoms with van der Waals surface area (Å²) in [4.78, 5) is 26.8. The molecule has 39 heavy (non-hydrogen) atoms. The van der Waals surface area contributed by atoms with E-state index in [4.69, 9.17) is 4.74 Å². The van der Waals surface area contributed by atoms with Gasteiger partial charge in [0.2, 0.25) is 5.75 Å². The van der Waals surface area contributed by atoms with E-state index in [1.807, 2.05) is 54.6 Å². The Bertz CT molecular complexity index is 1750. The number of carbonyl (C=O) groups excluding carboxylic acids is 2. The molecule has 6 heteroatoms. The third kappa shape index (κ3) is 4.28. The van der Waals surface area contributed by atoms with Crippen molar-refractivity contribution >= 4 is 11.6 Å². The zero-order valence-electron chi connectivity index (χ0n) is 20.6. The highest BCUT2D eigenvalue weighted by Gasteiger charge is 2.27. The van der Waals surface area contributed by atoms with Gasteiger partial charge in [-0.3, -0.25) is 9.59 Å². The van der Waals surface area contributed by atoms with Crippen molar-refractivity contribution in [2.45, 2.75) is 6.42 Å². The van der Waals surface area contributed by atoms with Crippen molar-refractivity contribution in [3.8, 4) is 39.9 Å². The highest BCUT2D eigenvalue weighted by molar-refractivity contribution is 6.16. The van der Waals surface area contributed by atoms with Gasteiger partial charge in [-0.2, -0.15) is 0 Å². The van der Waals surface area contributed by atoms with Gasteiger partial charge in [0.1, 0.15) is 11.5 Å². The minimum absolute atomic E-state index is 0.239. The van der Waals surface area contributed by atoms with Gasteiger partial charge in [-0.15, -0.1) is 0 Å². The van der Waals surface area contributed by atoms with Gasteiger partial charge >= 0.3 is 0 Å². The summed E-state index contributed by atoms with van der Waals surface area (Å²) in [6, 6.07) is 30.1. The van der Waals surface area contributed by atoms with Gasteiger partial charge in [-0.1, -0.05) is 72.8 Å². The molecule has 1 aliphatic rings. The molecule has 0 saturated carbocycles. The average Bonchev–Trinajstić information content (AvgIpc) is 2.98. The van der Waals surface area contributed by atoms with E-state index in [0.717, 1.165) is 34.1 Å². The van der Waals surface area contributed by atoms with Crippen molar-refractivity contribution in [3.05, 3.63) is 137 Å². The molecule has 190 valence electrons. The van der Waals surface area contributed by atoms with Crippen LogP contribution in [-0.2, 0) is 6.42 Å². The first-order valence-electron chi connectivity index (χ1n) is 12.3. The van der Waals surface area contributed by atoms with Gasteiger partial charge < -0.3 is 20.1 Å². The van der Waals surface area contributed by atoms with E-state index in [0.29, 0.717) is 12.2 Å². The Morgan fingerprint density at radius 3 is 1.82 bits per heavy atom. The zero-order valence-corrected chi connectivity index (χ0v) is 20.6. The van der Waals surface area contributed by atoms with Gasteiger partial charge in [0.25, 0.3) is 0 Å². The van der Waals surface area contributed by atoms with E-state index in [2.05, 4.69) is 0 Å². The number of ether oxygens (including phenoxy) is 1. The van der Waals surface area contributed by atoms with Crippen LogP contribution < -0.4 is 4.74 Å². The van der Waals surface area contributed by atoms with Crippen LogP contribution in [0.3, 0.4) is 0 Å². The molecule has 5 aromatic rings. The van der Waals surface area contributed by atoms with Gasteiger partial charge in [0.15, 0.2) is 23.1 Å². The Morgan fingerprint density at radius 2 is 1.10 bits per heavy atom. The maximum Gasteiger partial charge on any atom is 0.201 e. The van der Waals surface area contributed by atoms with Crippen LogP contribution in [0, 0.1) is 0 Å². The Balaban J connectivity index is 1.33. The lowest BCUT2D eigenvalue weighted by Crippen LogP contribution is -2.09. The van der Waals surface area contributed by atoms with Crippen LogP contribution in [-0.4, -0.2) is 26.9 Å². The van der Waals surface area contributed by atoms with Crippen molar-refractivity contribution in [3.63, 3.8) is 0 Å². The average molecular weight is 515 g/mol. The molecule has 6 nitrogen and oxygen atoms in total. The van der Waals surface area contributed by atoms with Crippen LogP contribution >= 0.6 is 0 Å². The highest BCUT2D eigenvalue weighted by Crippen LogP contribution is 2.43. The highest BCUT2D eigenvalue weighted by atomic mass is 16.5. The molecule has 0 saturated heterocycles. The molecule has 0 aliphatic carbocycles. The standard InChI is InChI=1S/C33H22O6/c34-29(21-12-10-20(11-13-21)19-6-2-1-3-7-19)25-18-26(32(37)33(38)31(25)36)30(35)23-14-15-28-24(17-23)16-22-8-4-5-9-27(22)39-28/h1-15,17-18,36-38H,16H2. The quantitative estimate of drug-likeness (QED) is 0.176. The summed E-state index contributed by atoms with van der Waals surface area (Å²) in [5.74, 6) is -2.36. The van der Waals surface area contributed by atoms with Crippen LogP contribution in [0.1, 0.15) is 43.0 Å². The summed E-state index contributed by atoms with van der Waals surface area (Å²) < 4.78 is 5.93. The second-order valence-electron chi connectivity index (χ2n) is 9.33. The van der Waals surface area contributed by atoms with Crippen molar-refractivity contribution in [2.24, 2.45) is 0 Å². The second kappa shape index (κ2) is 9.50. The predicted octanol–water partition coefficient (Wildman–Crippen LogP) is 6.63. The van der Waals surface area contributed by atoms with Crippen LogP contribution in [0.2, 0.25) is 0 Å². The summed E-state index contributed by atoms with van der Waals surface area (Å²) in [7, 11) is 0. The molecule has 0 fully saturated rings. The molecule has 5 aromatic carbocycles. The molecular formula is C33H22O6. The number of para-hydroxylation sites is 1. The number of phenols is 3. The maximum absolute atomic E-state index is 13.5. The molecule has 6 rings (SSSR count). The first kappa shape index (κ1) is 24.0. The SMILES string of the molecule is O=C(c1ccc(-c2ccccc2)cc1)c1cc(C(=O)c2ccc3c(c2)Cc2ccccc2O3)c(O)c(O)c1O. The lowest BCUT2D eigenvalue weighted by Gasteiger charge is -2.20. The minimum atomic E-state index is -0.930. The van der Waals surface area contributed by atoms with E-state index in [1.54, 1.807) is 42.5 Å².